The van der Waals surface area contributed by atoms with Crippen molar-refractivity contribution in [3.05, 3.63) is 63.6 Å². The van der Waals surface area contributed by atoms with Crippen molar-refractivity contribution in [1.29, 1.82) is 0 Å². The van der Waals surface area contributed by atoms with Gasteiger partial charge in [-0.15, -0.1) is 0 Å². The molecule has 0 aliphatic carbocycles. The van der Waals surface area contributed by atoms with E-state index in [1.165, 1.54) is 7.11 Å². The van der Waals surface area contributed by atoms with Crippen LogP contribution in [0, 0.1) is 0 Å². The van der Waals surface area contributed by atoms with Gasteiger partial charge in [0.25, 0.3) is 0 Å². The van der Waals surface area contributed by atoms with Gasteiger partial charge in [0, 0.05) is 42.6 Å². The first-order chi connectivity index (χ1) is 14.8. The number of ether oxygens (including phenoxy) is 1. The molecule has 0 N–H and O–H groups in total. The second kappa shape index (κ2) is 10.8. The quantitative estimate of drug-likeness (QED) is 0.555. The number of aryl methyl sites for hydroxylation is 1. The fourth-order valence-corrected chi connectivity index (χ4v) is 5.67. The van der Waals surface area contributed by atoms with E-state index in [0.717, 1.165) is 24.1 Å². The Morgan fingerprint density at radius 3 is 2.29 bits per heavy atom. The molecule has 0 unspecified atom stereocenters. The molecule has 0 bridgehead atoms. The van der Waals surface area contributed by atoms with Gasteiger partial charge in [0.2, 0.25) is 10.0 Å². The summed E-state index contributed by atoms with van der Waals surface area (Å²) in [5.74, 6) is -0.286. The third-order valence-electron chi connectivity index (χ3n) is 5.28. The van der Waals surface area contributed by atoms with Crippen LogP contribution in [0.3, 0.4) is 0 Å². The molecule has 31 heavy (non-hydrogen) atoms. The number of nitrogens with zero attached hydrogens (tertiary/aromatic N) is 2. The van der Waals surface area contributed by atoms with E-state index in [1.54, 1.807) is 34.6 Å². The Morgan fingerprint density at radius 2 is 1.65 bits per heavy atom. The molecule has 2 aromatic carbocycles. The van der Waals surface area contributed by atoms with Gasteiger partial charge < -0.3 is 4.74 Å². The maximum Gasteiger partial charge on any atom is 0.305 e. The highest BCUT2D eigenvalue weighted by molar-refractivity contribution is 7.89. The maximum absolute atomic E-state index is 13.1. The van der Waals surface area contributed by atoms with E-state index in [2.05, 4.69) is 9.64 Å². The van der Waals surface area contributed by atoms with Crippen LogP contribution in [0.15, 0.2) is 47.4 Å². The summed E-state index contributed by atoms with van der Waals surface area (Å²) in [4.78, 5) is 13.8. The predicted molar refractivity (Wildman–Crippen MR) is 122 cm³/mol. The molecule has 3 rings (SSSR count). The highest BCUT2D eigenvalue weighted by atomic mass is 35.5. The number of halogens is 2. The summed E-state index contributed by atoms with van der Waals surface area (Å²) in [5, 5.41) is 1.19. The van der Waals surface area contributed by atoms with Crippen LogP contribution in [0.25, 0.3) is 0 Å². The van der Waals surface area contributed by atoms with Gasteiger partial charge >= 0.3 is 5.97 Å². The van der Waals surface area contributed by atoms with Gasteiger partial charge in [-0.1, -0.05) is 35.3 Å². The molecule has 2 aromatic rings. The van der Waals surface area contributed by atoms with Crippen LogP contribution in [0.4, 0.5) is 0 Å². The Morgan fingerprint density at radius 1 is 0.968 bits per heavy atom. The molecular formula is C22H26Cl2N2O4S. The van der Waals surface area contributed by atoms with Crippen molar-refractivity contribution in [3.63, 3.8) is 0 Å². The zero-order chi connectivity index (χ0) is 22.4. The molecule has 1 saturated heterocycles. The summed E-state index contributed by atoms with van der Waals surface area (Å²) >= 11 is 12.2. The zero-order valence-electron chi connectivity index (χ0n) is 17.4. The predicted octanol–water partition coefficient (Wildman–Crippen LogP) is 4.00. The molecule has 1 aliphatic heterocycles. The number of carbonyl (C=O) groups excluding carboxylic acids is 1. The number of carbonyl (C=O) groups is 1. The number of esters is 1. The summed E-state index contributed by atoms with van der Waals surface area (Å²) in [7, 11) is -2.22. The fourth-order valence-electron chi connectivity index (χ4n) is 3.63. The summed E-state index contributed by atoms with van der Waals surface area (Å²) in [5.41, 5.74) is 1.91. The Balaban J connectivity index is 1.62. The third kappa shape index (κ3) is 6.67. The molecule has 9 heteroatoms. The van der Waals surface area contributed by atoms with Crippen LogP contribution in [0.1, 0.15) is 24.0 Å². The minimum absolute atomic E-state index is 0.266. The van der Waals surface area contributed by atoms with Gasteiger partial charge in [-0.2, -0.15) is 4.31 Å². The number of hydrogen-bond acceptors (Lipinski definition) is 5. The second-order valence-corrected chi connectivity index (χ2v) is 10.3. The second-order valence-electron chi connectivity index (χ2n) is 7.53. The van der Waals surface area contributed by atoms with E-state index in [9.17, 15) is 13.2 Å². The van der Waals surface area contributed by atoms with Gasteiger partial charge in [-0.05, 0) is 60.8 Å². The van der Waals surface area contributed by atoms with Crippen molar-refractivity contribution in [2.75, 3.05) is 33.3 Å². The number of sulfonamides is 1. The van der Waals surface area contributed by atoms with E-state index in [1.807, 2.05) is 12.1 Å². The molecule has 0 aromatic heterocycles. The molecule has 0 spiro atoms. The smallest absolute Gasteiger partial charge is 0.305 e. The summed E-state index contributed by atoms with van der Waals surface area (Å²) in [6.07, 6.45) is 1.52. The van der Waals surface area contributed by atoms with Crippen LogP contribution < -0.4 is 0 Å². The van der Waals surface area contributed by atoms with Crippen LogP contribution in [0.5, 0.6) is 0 Å². The Bertz CT molecular complexity index is 992. The lowest BCUT2D eigenvalue weighted by Gasteiger charge is -2.22. The largest absolute Gasteiger partial charge is 0.469 e. The molecular weight excluding hydrogens is 459 g/mol. The van der Waals surface area contributed by atoms with Crippen LogP contribution in [-0.4, -0.2) is 56.9 Å². The molecule has 1 fully saturated rings. The van der Waals surface area contributed by atoms with Crippen molar-refractivity contribution in [1.82, 2.24) is 9.21 Å². The average Bonchev–Trinajstić information content (AvgIpc) is 2.97. The Labute approximate surface area is 193 Å². The fraction of sp³-hybridized carbons (Fsp3) is 0.409. The molecule has 0 amide bonds. The maximum atomic E-state index is 13.1. The molecule has 0 saturated carbocycles. The summed E-state index contributed by atoms with van der Waals surface area (Å²) in [6, 6.07) is 12.2. The number of benzene rings is 2. The van der Waals surface area contributed by atoms with Crippen LogP contribution in [-0.2, 0) is 32.5 Å². The number of methoxy groups -OCH3 is 1. The molecule has 0 atom stereocenters. The molecule has 168 valence electrons. The van der Waals surface area contributed by atoms with Gasteiger partial charge in [-0.25, -0.2) is 8.42 Å². The third-order valence-corrected chi connectivity index (χ3v) is 7.63. The first-order valence-corrected chi connectivity index (χ1v) is 12.3. The summed E-state index contributed by atoms with van der Waals surface area (Å²) < 4.78 is 32.4. The van der Waals surface area contributed by atoms with E-state index >= 15 is 0 Å². The van der Waals surface area contributed by atoms with Gasteiger partial charge in [0.15, 0.2) is 0 Å². The molecule has 1 aliphatic rings. The topological polar surface area (TPSA) is 66.9 Å². The van der Waals surface area contributed by atoms with Crippen molar-refractivity contribution in [2.24, 2.45) is 0 Å². The molecule has 1 heterocycles. The standard InChI is InChI=1S/C22H26Cl2N2O4S/c1-30-22(27)8-5-17-3-6-21(7-4-17)31(28,29)26-10-2-9-25(11-12-26)16-18-13-19(23)15-20(24)14-18/h3-4,6-7,13-15H,2,5,8-12,16H2,1H3. The van der Waals surface area contributed by atoms with Crippen molar-refractivity contribution >= 4 is 39.2 Å². The van der Waals surface area contributed by atoms with Crippen LogP contribution >= 0.6 is 23.2 Å². The molecule has 6 nitrogen and oxygen atoms in total. The average molecular weight is 485 g/mol. The molecule has 0 radical (unpaired) electrons. The Kier molecular flexibility index (Phi) is 8.36. The zero-order valence-corrected chi connectivity index (χ0v) is 19.7. The lowest BCUT2D eigenvalue weighted by atomic mass is 10.1. The normalized spacial score (nSPS) is 16.1. The highest BCUT2D eigenvalue weighted by Gasteiger charge is 2.27. The van der Waals surface area contributed by atoms with Crippen molar-refractivity contribution in [2.45, 2.75) is 30.7 Å². The number of hydrogen-bond donors (Lipinski definition) is 0. The summed E-state index contributed by atoms with van der Waals surface area (Å²) in [6.45, 7) is 2.98. The van der Waals surface area contributed by atoms with Crippen molar-refractivity contribution in [3.8, 4) is 0 Å². The van der Waals surface area contributed by atoms with E-state index in [4.69, 9.17) is 23.2 Å². The minimum atomic E-state index is -3.57. The van der Waals surface area contributed by atoms with E-state index in [0.29, 0.717) is 42.6 Å². The number of rotatable bonds is 7. The first-order valence-electron chi connectivity index (χ1n) is 10.1. The van der Waals surface area contributed by atoms with Gasteiger partial charge in [-0.3, -0.25) is 9.69 Å². The van der Waals surface area contributed by atoms with Gasteiger partial charge in [0.05, 0.1) is 12.0 Å². The lowest BCUT2D eigenvalue weighted by molar-refractivity contribution is -0.140. The SMILES string of the molecule is COC(=O)CCc1ccc(S(=O)(=O)N2CCCN(Cc3cc(Cl)cc(Cl)c3)CC2)cc1. The first kappa shape index (κ1) is 24.0. The van der Waals surface area contributed by atoms with Gasteiger partial charge in [0.1, 0.15) is 0 Å². The van der Waals surface area contributed by atoms with E-state index < -0.39 is 10.0 Å². The monoisotopic (exact) mass is 484 g/mol. The minimum Gasteiger partial charge on any atom is -0.469 e. The van der Waals surface area contributed by atoms with Crippen LogP contribution in [0.2, 0.25) is 10.0 Å². The van der Waals surface area contributed by atoms with E-state index in [-0.39, 0.29) is 17.3 Å². The Hall–Kier alpha value is -1.64. The van der Waals surface area contributed by atoms with Crippen molar-refractivity contribution < 1.29 is 17.9 Å². The lowest BCUT2D eigenvalue weighted by Crippen LogP contribution is -2.35. The highest BCUT2D eigenvalue weighted by Crippen LogP contribution is 2.22.